The summed E-state index contributed by atoms with van der Waals surface area (Å²) in [5.41, 5.74) is 0.412. The Morgan fingerprint density at radius 2 is 1.85 bits per heavy atom. The van der Waals surface area contributed by atoms with E-state index in [9.17, 15) is 18.0 Å². The van der Waals surface area contributed by atoms with Crippen LogP contribution in [0, 0.1) is 6.92 Å². The number of carbonyl (C=O) groups is 1. The van der Waals surface area contributed by atoms with Crippen LogP contribution in [0.3, 0.4) is 0 Å². The molecule has 0 aliphatic carbocycles. The topological polar surface area (TPSA) is 20.3 Å². The molecular weight excluding hydrogens is 267 g/mol. The normalized spacial score (nSPS) is 15.8. The van der Waals surface area contributed by atoms with Gasteiger partial charge in [0.15, 0.2) is 5.78 Å². The van der Waals surface area contributed by atoms with E-state index < -0.39 is 11.7 Å². The largest absolute Gasteiger partial charge is 0.418 e. The van der Waals surface area contributed by atoms with Crippen LogP contribution >= 0.6 is 0 Å². The van der Waals surface area contributed by atoms with Crippen molar-refractivity contribution < 1.29 is 18.0 Å². The molecule has 0 N–H and O–H groups in total. The van der Waals surface area contributed by atoms with Crippen LogP contribution in [0.4, 0.5) is 18.9 Å². The first-order valence-corrected chi connectivity index (χ1v) is 6.85. The van der Waals surface area contributed by atoms with Crippen molar-refractivity contribution in [1.82, 2.24) is 0 Å². The van der Waals surface area contributed by atoms with Crippen LogP contribution in [-0.4, -0.2) is 18.9 Å². The van der Waals surface area contributed by atoms with E-state index in [-0.39, 0.29) is 11.5 Å². The second-order valence-electron chi connectivity index (χ2n) is 5.10. The molecule has 5 heteroatoms. The number of hydrogen-bond acceptors (Lipinski definition) is 2. The molecule has 20 heavy (non-hydrogen) atoms. The number of halogens is 3. The van der Waals surface area contributed by atoms with Crippen molar-refractivity contribution in [1.29, 1.82) is 0 Å². The summed E-state index contributed by atoms with van der Waals surface area (Å²) >= 11 is 0. The van der Waals surface area contributed by atoms with Crippen LogP contribution in [-0.2, 0) is 6.18 Å². The molecule has 2 nitrogen and oxygen atoms in total. The Labute approximate surface area is 116 Å². The van der Waals surface area contributed by atoms with Crippen molar-refractivity contribution in [2.75, 3.05) is 18.0 Å². The lowest BCUT2D eigenvalue weighted by atomic mass is 9.97. The SMILES string of the molecule is CCC(=O)c1ccc(C(F)(F)F)c(N2CCCC2)c1C. The molecule has 0 saturated carbocycles. The molecule has 0 radical (unpaired) electrons. The maximum absolute atomic E-state index is 13.2. The zero-order chi connectivity index (χ0) is 14.9. The Kier molecular flexibility index (Phi) is 4.06. The van der Waals surface area contributed by atoms with E-state index in [1.807, 2.05) is 0 Å². The maximum Gasteiger partial charge on any atom is 0.418 e. The minimum absolute atomic E-state index is 0.114. The minimum Gasteiger partial charge on any atom is -0.371 e. The third-order valence-electron chi connectivity index (χ3n) is 3.78. The standard InChI is InChI=1S/C15H18F3NO/c1-3-13(20)11-6-7-12(15(16,17)18)14(10(11)2)19-8-4-5-9-19/h6-7H,3-5,8-9H2,1-2H3. The summed E-state index contributed by atoms with van der Waals surface area (Å²) in [7, 11) is 0. The molecule has 1 aliphatic rings. The molecule has 1 aromatic carbocycles. The van der Waals surface area contributed by atoms with Gasteiger partial charge in [0.05, 0.1) is 11.3 Å². The van der Waals surface area contributed by atoms with Gasteiger partial charge in [-0.1, -0.05) is 13.0 Å². The van der Waals surface area contributed by atoms with Crippen molar-refractivity contribution in [3.05, 3.63) is 28.8 Å². The molecule has 0 unspecified atom stereocenters. The van der Waals surface area contributed by atoms with Crippen molar-refractivity contribution in [2.24, 2.45) is 0 Å². The fourth-order valence-corrected chi connectivity index (χ4v) is 2.77. The van der Waals surface area contributed by atoms with Crippen molar-refractivity contribution >= 4 is 11.5 Å². The fraction of sp³-hybridized carbons (Fsp3) is 0.533. The lowest BCUT2D eigenvalue weighted by molar-refractivity contribution is -0.137. The number of Topliss-reactive ketones (excluding diaryl/α,β-unsaturated/α-hetero) is 1. The number of alkyl halides is 3. The summed E-state index contributed by atoms with van der Waals surface area (Å²) in [6.07, 6.45) is -2.31. The van der Waals surface area contributed by atoms with Crippen molar-refractivity contribution in [3.8, 4) is 0 Å². The third-order valence-corrected chi connectivity index (χ3v) is 3.78. The van der Waals surface area contributed by atoms with Gasteiger partial charge in [-0.15, -0.1) is 0 Å². The predicted molar refractivity (Wildman–Crippen MR) is 72.2 cm³/mol. The number of ketones is 1. The van der Waals surface area contributed by atoms with Crippen LogP contribution < -0.4 is 4.90 Å². The van der Waals surface area contributed by atoms with E-state index in [0.29, 0.717) is 30.6 Å². The van der Waals surface area contributed by atoms with Crippen LogP contribution in [0.5, 0.6) is 0 Å². The molecule has 2 rings (SSSR count). The summed E-state index contributed by atoms with van der Waals surface area (Å²) in [5, 5.41) is 0. The Balaban J connectivity index is 2.60. The lowest BCUT2D eigenvalue weighted by Crippen LogP contribution is -2.24. The highest BCUT2D eigenvalue weighted by molar-refractivity contribution is 5.99. The average Bonchev–Trinajstić information content (AvgIpc) is 2.89. The number of nitrogens with zero attached hydrogens (tertiary/aromatic N) is 1. The molecule has 0 atom stereocenters. The van der Waals surface area contributed by atoms with Crippen LogP contribution in [0.15, 0.2) is 12.1 Å². The van der Waals surface area contributed by atoms with Gasteiger partial charge in [0.2, 0.25) is 0 Å². The Bertz CT molecular complexity index is 517. The van der Waals surface area contributed by atoms with E-state index in [2.05, 4.69) is 0 Å². The van der Waals surface area contributed by atoms with Gasteiger partial charge < -0.3 is 4.90 Å². The summed E-state index contributed by atoms with van der Waals surface area (Å²) in [6.45, 7) is 4.57. The van der Waals surface area contributed by atoms with E-state index in [0.717, 1.165) is 18.9 Å². The zero-order valence-electron chi connectivity index (χ0n) is 11.7. The molecule has 0 bridgehead atoms. The van der Waals surface area contributed by atoms with Gasteiger partial charge in [-0.2, -0.15) is 13.2 Å². The van der Waals surface area contributed by atoms with E-state index in [4.69, 9.17) is 0 Å². The van der Waals surface area contributed by atoms with Crippen LogP contribution in [0.1, 0.15) is 47.7 Å². The summed E-state index contributed by atoms with van der Waals surface area (Å²) in [4.78, 5) is 13.6. The van der Waals surface area contributed by atoms with Gasteiger partial charge in [-0.25, -0.2) is 0 Å². The molecule has 0 spiro atoms. The molecule has 0 amide bonds. The number of anilines is 1. The number of benzene rings is 1. The van der Waals surface area contributed by atoms with Crippen molar-refractivity contribution in [2.45, 2.75) is 39.3 Å². The van der Waals surface area contributed by atoms with Crippen molar-refractivity contribution in [3.63, 3.8) is 0 Å². The van der Waals surface area contributed by atoms with E-state index >= 15 is 0 Å². The quantitative estimate of drug-likeness (QED) is 0.775. The molecule has 1 heterocycles. The molecule has 110 valence electrons. The predicted octanol–water partition coefficient (Wildman–Crippen LogP) is 4.21. The highest BCUT2D eigenvalue weighted by Crippen LogP contribution is 2.40. The third kappa shape index (κ3) is 2.67. The van der Waals surface area contributed by atoms with Gasteiger partial charge in [0.1, 0.15) is 0 Å². The summed E-state index contributed by atoms with van der Waals surface area (Å²) in [6, 6.07) is 2.35. The summed E-state index contributed by atoms with van der Waals surface area (Å²) < 4.78 is 39.6. The fourth-order valence-electron chi connectivity index (χ4n) is 2.77. The number of carbonyl (C=O) groups excluding carboxylic acids is 1. The smallest absolute Gasteiger partial charge is 0.371 e. The summed E-state index contributed by atoms with van der Waals surface area (Å²) in [5.74, 6) is -0.114. The number of rotatable bonds is 3. The Morgan fingerprint density at radius 1 is 1.25 bits per heavy atom. The molecule has 1 saturated heterocycles. The van der Waals surface area contributed by atoms with E-state index in [1.54, 1.807) is 18.7 Å². The molecule has 1 fully saturated rings. The number of hydrogen-bond donors (Lipinski definition) is 0. The van der Waals surface area contributed by atoms with Crippen LogP contribution in [0.2, 0.25) is 0 Å². The minimum atomic E-state index is -4.39. The monoisotopic (exact) mass is 285 g/mol. The van der Waals surface area contributed by atoms with E-state index in [1.165, 1.54) is 6.07 Å². The van der Waals surface area contributed by atoms with Crippen LogP contribution in [0.25, 0.3) is 0 Å². The van der Waals surface area contributed by atoms with Gasteiger partial charge >= 0.3 is 6.18 Å². The second kappa shape index (κ2) is 5.46. The highest BCUT2D eigenvalue weighted by Gasteiger charge is 2.37. The van der Waals surface area contributed by atoms with Gasteiger partial charge in [-0.3, -0.25) is 4.79 Å². The van der Waals surface area contributed by atoms with Gasteiger partial charge in [-0.05, 0) is 31.4 Å². The molecule has 0 aromatic heterocycles. The highest BCUT2D eigenvalue weighted by atomic mass is 19.4. The average molecular weight is 285 g/mol. The first-order chi connectivity index (χ1) is 9.36. The van der Waals surface area contributed by atoms with Gasteiger partial charge in [0, 0.05) is 25.1 Å². The molecule has 1 aromatic rings. The Morgan fingerprint density at radius 3 is 2.35 bits per heavy atom. The van der Waals surface area contributed by atoms with Gasteiger partial charge in [0.25, 0.3) is 0 Å². The molecule has 1 aliphatic heterocycles. The maximum atomic E-state index is 13.2. The Hall–Kier alpha value is -1.52. The second-order valence-corrected chi connectivity index (χ2v) is 5.10. The first-order valence-electron chi connectivity index (χ1n) is 6.85. The zero-order valence-corrected chi connectivity index (χ0v) is 11.7. The first kappa shape index (κ1) is 14.9. The molecular formula is C15H18F3NO. The lowest BCUT2D eigenvalue weighted by Gasteiger charge is -2.26.